The molecule has 0 bridgehead atoms. The number of rotatable bonds is 5. The van der Waals surface area contributed by atoms with Crippen molar-refractivity contribution >= 4 is 23.1 Å². The van der Waals surface area contributed by atoms with E-state index in [4.69, 9.17) is 0 Å². The van der Waals surface area contributed by atoms with Gasteiger partial charge in [0.1, 0.15) is 28.8 Å². The van der Waals surface area contributed by atoms with Crippen LogP contribution < -0.4 is 10.6 Å². The minimum absolute atomic E-state index is 0.0971. The number of anilines is 3. The van der Waals surface area contributed by atoms with E-state index >= 15 is 0 Å². The Morgan fingerprint density at radius 3 is 2.33 bits per heavy atom. The number of aromatic nitrogens is 2. The number of para-hydroxylation sites is 2. The molecule has 3 aromatic rings. The van der Waals surface area contributed by atoms with E-state index in [1.165, 1.54) is 18.5 Å². The SMILES string of the molecule is CCc1cccc(C)c1NC(=O)c1cnc(Nc2c(F)cccc2F)cn1. The summed E-state index contributed by atoms with van der Waals surface area (Å²) in [5, 5.41) is 5.38. The molecule has 0 saturated heterocycles. The lowest BCUT2D eigenvalue weighted by Gasteiger charge is -2.13. The molecule has 0 aliphatic carbocycles. The van der Waals surface area contributed by atoms with Crippen LogP contribution in [0.4, 0.5) is 26.0 Å². The summed E-state index contributed by atoms with van der Waals surface area (Å²) >= 11 is 0. The summed E-state index contributed by atoms with van der Waals surface area (Å²) in [5.74, 6) is -1.77. The summed E-state index contributed by atoms with van der Waals surface area (Å²) in [6, 6.07) is 9.33. The average Bonchev–Trinajstić information content (AvgIpc) is 2.67. The van der Waals surface area contributed by atoms with Gasteiger partial charge in [-0.05, 0) is 36.6 Å². The van der Waals surface area contributed by atoms with Crippen LogP contribution >= 0.6 is 0 Å². The second kappa shape index (κ2) is 7.90. The molecule has 0 atom stereocenters. The van der Waals surface area contributed by atoms with Gasteiger partial charge in [-0.1, -0.05) is 31.2 Å². The highest BCUT2D eigenvalue weighted by Gasteiger charge is 2.13. The van der Waals surface area contributed by atoms with Crippen molar-refractivity contribution in [3.05, 3.63) is 77.2 Å². The number of halogens is 2. The van der Waals surface area contributed by atoms with Crippen LogP contribution in [-0.2, 0) is 6.42 Å². The second-order valence-electron chi connectivity index (χ2n) is 5.93. The molecule has 27 heavy (non-hydrogen) atoms. The number of carbonyl (C=O) groups is 1. The Kier molecular flexibility index (Phi) is 5.40. The summed E-state index contributed by atoms with van der Waals surface area (Å²) in [6.07, 6.45) is 3.28. The Balaban J connectivity index is 1.77. The molecule has 1 amide bonds. The van der Waals surface area contributed by atoms with Crippen molar-refractivity contribution in [2.24, 2.45) is 0 Å². The number of amides is 1. The third-order valence-electron chi connectivity index (χ3n) is 4.08. The number of aryl methyl sites for hydroxylation is 2. The number of benzene rings is 2. The lowest BCUT2D eigenvalue weighted by Crippen LogP contribution is -2.16. The van der Waals surface area contributed by atoms with E-state index in [-0.39, 0.29) is 17.2 Å². The Hall–Kier alpha value is -3.35. The molecule has 1 heterocycles. The lowest BCUT2D eigenvalue weighted by molar-refractivity contribution is 0.102. The first-order valence-electron chi connectivity index (χ1n) is 8.42. The third kappa shape index (κ3) is 4.08. The van der Waals surface area contributed by atoms with Gasteiger partial charge in [0.2, 0.25) is 0 Å². The smallest absolute Gasteiger partial charge is 0.275 e. The molecule has 138 valence electrons. The molecule has 0 unspecified atom stereocenters. The molecular weight excluding hydrogens is 350 g/mol. The van der Waals surface area contributed by atoms with Crippen molar-refractivity contribution < 1.29 is 13.6 Å². The molecule has 2 aromatic carbocycles. The van der Waals surface area contributed by atoms with Crippen molar-refractivity contribution in [2.75, 3.05) is 10.6 Å². The fourth-order valence-electron chi connectivity index (χ4n) is 2.63. The summed E-state index contributed by atoms with van der Waals surface area (Å²) in [5.41, 5.74) is 2.49. The summed E-state index contributed by atoms with van der Waals surface area (Å²) in [4.78, 5) is 20.5. The number of carbonyl (C=O) groups excluding carboxylic acids is 1. The molecule has 0 aliphatic rings. The monoisotopic (exact) mass is 368 g/mol. The van der Waals surface area contributed by atoms with Crippen LogP contribution in [-0.4, -0.2) is 15.9 Å². The van der Waals surface area contributed by atoms with Gasteiger partial charge in [-0.25, -0.2) is 18.7 Å². The minimum atomic E-state index is -0.745. The maximum absolute atomic E-state index is 13.7. The van der Waals surface area contributed by atoms with E-state index in [9.17, 15) is 13.6 Å². The maximum atomic E-state index is 13.7. The highest BCUT2D eigenvalue weighted by atomic mass is 19.1. The predicted octanol–water partition coefficient (Wildman–Crippen LogP) is 4.62. The van der Waals surface area contributed by atoms with Gasteiger partial charge in [-0.2, -0.15) is 0 Å². The number of hydrogen-bond acceptors (Lipinski definition) is 4. The van der Waals surface area contributed by atoms with E-state index in [1.807, 2.05) is 32.0 Å². The van der Waals surface area contributed by atoms with Gasteiger partial charge in [0.25, 0.3) is 5.91 Å². The second-order valence-corrected chi connectivity index (χ2v) is 5.93. The van der Waals surface area contributed by atoms with E-state index in [1.54, 1.807) is 0 Å². The zero-order valence-corrected chi connectivity index (χ0v) is 14.9. The predicted molar refractivity (Wildman–Crippen MR) is 100 cm³/mol. The largest absolute Gasteiger partial charge is 0.334 e. The van der Waals surface area contributed by atoms with Gasteiger partial charge in [-0.15, -0.1) is 0 Å². The Labute approximate surface area is 155 Å². The van der Waals surface area contributed by atoms with Gasteiger partial charge >= 0.3 is 0 Å². The van der Waals surface area contributed by atoms with Crippen LogP contribution in [0, 0.1) is 18.6 Å². The van der Waals surface area contributed by atoms with Gasteiger partial charge in [-0.3, -0.25) is 4.79 Å². The molecule has 1 aromatic heterocycles. The van der Waals surface area contributed by atoms with Gasteiger partial charge in [0.05, 0.1) is 12.4 Å². The van der Waals surface area contributed by atoms with Gasteiger partial charge in [0.15, 0.2) is 0 Å². The number of hydrogen-bond donors (Lipinski definition) is 2. The highest BCUT2D eigenvalue weighted by molar-refractivity contribution is 6.03. The lowest BCUT2D eigenvalue weighted by atomic mass is 10.1. The fourth-order valence-corrected chi connectivity index (χ4v) is 2.63. The van der Waals surface area contributed by atoms with E-state index in [0.717, 1.165) is 35.4 Å². The molecule has 7 heteroatoms. The van der Waals surface area contributed by atoms with E-state index in [2.05, 4.69) is 20.6 Å². The zero-order valence-electron chi connectivity index (χ0n) is 14.9. The molecular formula is C20H18F2N4O. The normalized spacial score (nSPS) is 10.5. The molecule has 5 nitrogen and oxygen atoms in total. The van der Waals surface area contributed by atoms with Crippen LogP contribution in [0.3, 0.4) is 0 Å². The molecule has 0 saturated carbocycles. The zero-order chi connectivity index (χ0) is 19.4. The molecule has 3 rings (SSSR count). The van der Waals surface area contributed by atoms with E-state index in [0.29, 0.717) is 0 Å². The first-order valence-corrected chi connectivity index (χ1v) is 8.42. The van der Waals surface area contributed by atoms with Crippen LogP contribution in [0.1, 0.15) is 28.5 Å². The topological polar surface area (TPSA) is 66.9 Å². The molecule has 0 radical (unpaired) electrons. The van der Waals surface area contributed by atoms with Crippen molar-refractivity contribution in [3.63, 3.8) is 0 Å². The van der Waals surface area contributed by atoms with Crippen molar-refractivity contribution in [1.29, 1.82) is 0 Å². The average molecular weight is 368 g/mol. The summed E-state index contributed by atoms with van der Waals surface area (Å²) in [6.45, 7) is 3.92. The highest BCUT2D eigenvalue weighted by Crippen LogP contribution is 2.23. The van der Waals surface area contributed by atoms with Crippen LogP contribution in [0.5, 0.6) is 0 Å². The standard InChI is InChI=1S/C20H18F2N4O/c1-3-13-7-4-6-12(2)18(13)26-20(27)16-10-24-17(11-23-16)25-19-14(21)8-5-9-15(19)22/h4-11H,3H2,1-2H3,(H,24,25)(H,26,27). The van der Waals surface area contributed by atoms with Crippen molar-refractivity contribution in [2.45, 2.75) is 20.3 Å². The van der Waals surface area contributed by atoms with Crippen molar-refractivity contribution in [3.8, 4) is 0 Å². The first kappa shape index (κ1) is 18.4. The van der Waals surface area contributed by atoms with Crippen molar-refractivity contribution in [1.82, 2.24) is 9.97 Å². The number of nitrogens with one attached hydrogen (secondary N) is 2. The molecule has 2 N–H and O–H groups in total. The Morgan fingerprint density at radius 1 is 1.00 bits per heavy atom. The maximum Gasteiger partial charge on any atom is 0.275 e. The molecule has 0 aliphatic heterocycles. The van der Waals surface area contributed by atoms with Gasteiger partial charge < -0.3 is 10.6 Å². The Bertz CT molecular complexity index is 954. The number of nitrogens with zero attached hydrogens (tertiary/aromatic N) is 2. The van der Waals surface area contributed by atoms with E-state index < -0.39 is 17.5 Å². The quantitative estimate of drug-likeness (QED) is 0.689. The van der Waals surface area contributed by atoms with Crippen LogP contribution in [0.2, 0.25) is 0 Å². The first-order chi connectivity index (χ1) is 13.0. The molecule has 0 spiro atoms. The van der Waals surface area contributed by atoms with Gasteiger partial charge in [0, 0.05) is 5.69 Å². The Morgan fingerprint density at radius 2 is 1.70 bits per heavy atom. The summed E-state index contributed by atoms with van der Waals surface area (Å²) in [7, 11) is 0. The van der Waals surface area contributed by atoms with Crippen LogP contribution in [0.15, 0.2) is 48.8 Å². The summed E-state index contributed by atoms with van der Waals surface area (Å²) < 4.78 is 27.4. The minimum Gasteiger partial charge on any atom is -0.334 e. The fraction of sp³-hybridized carbons (Fsp3) is 0.150. The third-order valence-corrected chi connectivity index (χ3v) is 4.08. The van der Waals surface area contributed by atoms with Crippen LogP contribution in [0.25, 0.3) is 0 Å². The molecule has 0 fully saturated rings.